The van der Waals surface area contributed by atoms with Crippen molar-refractivity contribution >= 4 is 5.91 Å². The summed E-state index contributed by atoms with van der Waals surface area (Å²) in [5, 5.41) is 2.83. The van der Waals surface area contributed by atoms with E-state index >= 15 is 0 Å². The molecular formula is C22H29NO3. The van der Waals surface area contributed by atoms with Gasteiger partial charge >= 0.3 is 0 Å². The first kappa shape index (κ1) is 19.8. The van der Waals surface area contributed by atoms with Crippen LogP contribution in [0.5, 0.6) is 11.5 Å². The summed E-state index contributed by atoms with van der Waals surface area (Å²) in [7, 11) is 0. The molecule has 0 bridgehead atoms. The standard InChI is InChI=1S/C22H29NO3/c1-16-6-10-20(11-7-16)26-17(2)21(24)23-14-15-25-19-12-8-18(9-13-19)22(3,4)5/h6-13,17H,14-15H2,1-5H3,(H,23,24). The quantitative estimate of drug-likeness (QED) is 0.755. The summed E-state index contributed by atoms with van der Waals surface area (Å²) < 4.78 is 11.3. The van der Waals surface area contributed by atoms with E-state index in [4.69, 9.17) is 9.47 Å². The highest BCUT2D eigenvalue weighted by atomic mass is 16.5. The number of hydrogen-bond donors (Lipinski definition) is 1. The molecule has 140 valence electrons. The molecule has 1 N–H and O–H groups in total. The van der Waals surface area contributed by atoms with Crippen LogP contribution in [0.15, 0.2) is 48.5 Å². The molecule has 0 saturated carbocycles. The molecule has 2 rings (SSSR count). The summed E-state index contributed by atoms with van der Waals surface area (Å²) in [6.45, 7) is 11.1. The Morgan fingerprint density at radius 1 is 1.00 bits per heavy atom. The minimum absolute atomic E-state index is 0.125. The zero-order valence-electron chi connectivity index (χ0n) is 16.3. The predicted molar refractivity (Wildman–Crippen MR) is 105 cm³/mol. The van der Waals surface area contributed by atoms with E-state index in [0.717, 1.165) is 11.3 Å². The molecule has 4 heteroatoms. The van der Waals surface area contributed by atoms with Crippen LogP contribution in [0.2, 0.25) is 0 Å². The van der Waals surface area contributed by atoms with Crippen molar-refractivity contribution in [3.05, 3.63) is 59.7 Å². The van der Waals surface area contributed by atoms with E-state index in [0.29, 0.717) is 18.9 Å². The molecule has 26 heavy (non-hydrogen) atoms. The molecule has 0 radical (unpaired) electrons. The molecule has 1 amide bonds. The van der Waals surface area contributed by atoms with Crippen LogP contribution in [-0.2, 0) is 10.2 Å². The molecule has 1 unspecified atom stereocenters. The van der Waals surface area contributed by atoms with Gasteiger partial charge in [-0.15, -0.1) is 0 Å². The van der Waals surface area contributed by atoms with Crippen LogP contribution in [0, 0.1) is 6.92 Å². The minimum atomic E-state index is -0.552. The van der Waals surface area contributed by atoms with Gasteiger partial charge in [-0.25, -0.2) is 0 Å². The van der Waals surface area contributed by atoms with Gasteiger partial charge in [-0.3, -0.25) is 4.79 Å². The van der Waals surface area contributed by atoms with Gasteiger partial charge in [0.15, 0.2) is 6.10 Å². The zero-order valence-corrected chi connectivity index (χ0v) is 16.3. The third-order valence-corrected chi connectivity index (χ3v) is 4.09. The summed E-state index contributed by atoms with van der Waals surface area (Å²) in [4.78, 5) is 12.1. The highest BCUT2D eigenvalue weighted by Crippen LogP contribution is 2.24. The molecule has 0 aliphatic rings. The van der Waals surface area contributed by atoms with Crippen molar-refractivity contribution in [1.29, 1.82) is 0 Å². The number of hydrogen-bond acceptors (Lipinski definition) is 3. The largest absolute Gasteiger partial charge is 0.492 e. The molecule has 4 nitrogen and oxygen atoms in total. The van der Waals surface area contributed by atoms with E-state index in [9.17, 15) is 4.79 Å². The Bertz CT molecular complexity index is 700. The van der Waals surface area contributed by atoms with Crippen LogP contribution in [-0.4, -0.2) is 25.2 Å². The molecule has 0 aliphatic heterocycles. The van der Waals surface area contributed by atoms with Crippen LogP contribution in [0.3, 0.4) is 0 Å². The Morgan fingerprint density at radius 3 is 2.15 bits per heavy atom. The minimum Gasteiger partial charge on any atom is -0.492 e. The van der Waals surface area contributed by atoms with E-state index in [2.05, 4.69) is 38.2 Å². The SMILES string of the molecule is Cc1ccc(OC(C)C(=O)NCCOc2ccc(C(C)(C)C)cc2)cc1. The first-order chi connectivity index (χ1) is 12.3. The predicted octanol–water partition coefficient (Wildman–Crippen LogP) is 4.26. The van der Waals surface area contributed by atoms with Crippen molar-refractivity contribution in [2.45, 2.75) is 46.1 Å². The van der Waals surface area contributed by atoms with Crippen LogP contribution >= 0.6 is 0 Å². The lowest BCUT2D eigenvalue weighted by Gasteiger charge is -2.19. The zero-order chi connectivity index (χ0) is 19.2. The second-order valence-electron chi connectivity index (χ2n) is 7.49. The summed E-state index contributed by atoms with van der Waals surface area (Å²) in [6, 6.07) is 15.7. The lowest BCUT2D eigenvalue weighted by molar-refractivity contribution is -0.127. The van der Waals surface area contributed by atoms with Crippen LogP contribution in [0.4, 0.5) is 0 Å². The molecule has 1 atom stereocenters. The number of carbonyl (C=O) groups excluding carboxylic acids is 1. The van der Waals surface area contributed by atoms with E-state index < -0.39 is 6.10 Å². The van der Waals surface area contributed by atoms with Gasteiger partial charge in [0.05, 0.1) is 6.54 Å². The fourth-order valence-electron chi connectivity index (χ4n) is 2.41. The van der Waals surface area contributed by atoms with Crippen LogP contribution < -0.4 is 14.8 Å². The van der Waals surface area contributed by atoms with Crippen molar-refractivity contribution in [1.82, 2.24) is 5.32 Å². The first-order valence-electron chi connectivity index (χ1n) is 9.00. The van der Waals surface area contributed by atoms with Gasteiger partial charge in [0, 0.05) is 0 Å². The smallest absolute Gasteiger partial charge is 0.260 e. The molecule has 2 aromatic carbocycles. The van der Waals surface area contributed by atoms with E-state index in [-0.39, 0.29) is 11.3 Å². The maximum Gasteiger partial charge on any atom is 0.260 e. The lowest BCUT2D eigenvalue weighted by atomic mass is 9.87. The second-order valence-corrected chi connectivity index (χ2v) is 7.49. The molecule has 0 saturated heterocycles. The fourth-order valence-corrected chi connectivity index (χ4v) is 2.41. The number of rotatable bonds is 7. The fraction of sp³-hybridized carbons (Fsp3) is 0.409. The second kappa shape index (κ2) is 8.75. The van der Waals surface area contributed by atoms with Crippen LogP contribution in [0.25, 0.3) is 0 Å². The molecule has 2 aromatic rings. The Labute approximate surface area is 156 Å². The maximum absolute atomic E-state index is 12.1. The summed E-state index contributed by atoms with van der Waals surface area (Å²) in [5.74, 6) is 1.34. The van der Waals surface area contributed by atoms with Gasteiger partial charge in [0.25, 0.3) is 5.91 Å². The van der Waals surface area contributed by atoms with E-state index in [1.54, 1.807) is 6.92 Å². The number of benzene rings is 2. The topological polar surface area (TPSA) is 47.6 Å². The third-order valence-electron chi connectivity index (χ3n) is 4.09. The number of nitrogens with one attached hydrogen (secondary N) is 1. The van der Waals surface area contributed by atoms with Gasteiger partial charge in [-0.2, -0.15) is 0 Å². The normalized spacial score (nSPS) is 12.3. The highest BCUT2D eigenvalue weighted by Gasteiger charge is 2.14. The van der Waals surface area contributed by atoms with Crippen molar-refractivity contribution in [3.63, 3.8) is 0 Å². The Morgan fingerprint density at radius 2 is 1.58 bits per heavy atom. The molecule has 0 aliphatic carbocycles. The highest BCUT2D eigenvalue weighted by molar-refractivity contribution is 5.80. The van der Waals surface area contributed by atoms with E-state index in [1.807, 2.05) is 43.3 Å². The average molecular weight is 355 g/mol. The van der Waals surface area contributed by atoms with Gasteiger partial charge in [0.2, 0.25) is 0 Å². The molecule has 0 fully saturated rings. The van der Waals surface area contributed by atoms with Crippen molar-refractivity contribution < 1.29 is 14.3 Å². The number of aryl methyl sites for hydroxylation is 1. The van der Waals surface area contributed by atoms with Crippen molar-refractivity contribution in [2.24, 2.45) is 0 Å². The van der Waals surface area contributed by atoms with Gasteiger partial charge in [-0.1, -0.05) is 50.6 Å². The average Bonchev–Trinajstić information content (AvgIpc) is 2.60. The Balaban J connectivity index is 1.71. The summed E-state index contributed by atoms with van der Waals surface area (Å²) >= 11 is 0. The lowest BCUT2D eigenvalue weighted by Crippen LogP contribution is -2.38. The molecular weight excluding hydrogens is 326 g/mol. The molecule has 0 heterocycles. The van der Waals surface area contributed by atoms with Crippen LogP contribution in [0.1, 0.15) is 38.8 Å². The van der Waals surface area contributed by atoms with Gasteiger partial charge in [-0.05, 0) is 49.1 Å². The number of amides is 1. The number of carbonyl (C=O) groups is 1. The monoisotopic (exact) mass is 355 g/mol. The maximum atomic E-state index is 12.1. The number of ether oxygens (including phenoxy) is 2. The van der Waals surface area contributed by atoms with Crippen molar-refractivity contribution in [2.75, 3.05) is 13.2 Å². The third kappa shape index (κ3) is 6.10. The van der Waals surface area contributed by atoms with Gasteiger partial charge in [0.1, 0.15) is 18.1 Å². The summed E-state index contributed by atoms with van der Waals surface area (Å²) in [6.07, 6.45) is -0.552. The van der Waals surface area contributed by atoms with E-state index in [1.165, 1.54) is 5.56 Å². The molecule has 0 spiro atoms. The Hall–Kier alpha value is -2.49. The van der Waals surface area contributed by atoms with Crippen molar-refractivity contribution in [3.8, 4) is 11.5 Å². The summed E-state index contributed by atoms with van der Waals surface area (Å²) in [5.41, 5.74) is 2.54. The molecule has 0 aromatic heterocycles. The van der Waals surface area contributed by atoms with Gasteiger partial charge < -0.3 is 14.8 Å². The first-order valence-corrected chi connectivity index (χ1v) is 9.00. The Kier molecular flexibility index (Phi) is 6.67.